The van der Waals surface area contributed by atoms with E-state index >= 15 is 0 Å². The monoisotopic (exact) mass is 475 g/mol. The smallest absolute Gasteiger partial charge is 0.280 e. The molecule has 0 atom stereocenters. The number of nitro benzene ring substituents is 1. The molecule has 1 aliphatic carbocycles. The van der Waals surface area contributed by atoms with Gasteiger partial charge in [0.05, 0.1) is 22.5 Å². The largest absolute Gasteiger partial charge is 0.337 e. The fourth-order valence-corrected chi connectivity index (χ4v) is 6.06. The maximum atomic E-state index is 13.8. The van der Waals surface area contributed by atoms with Gasteiger partial charge in [0, 0.05) is 17.0 Å². The van der Waals surface area contributed by atoms with E-state index < -0.39 is 10.6 Å². The first-order valence-corrected chi connectivity index (χ1v) is 12.3. The van der Waals surface area contributed by atoms with Crippen molar-refractivity contribution in [1.29, 1.82) is 0 Å². The fraction of sp³-hybridized carbons (Fsp3) is 0.308. The molecule has 0 fully saturated rings. The molecule has 0 saturated heterocycles. The average Bonchev–Trinajstić information content (AvgIpc) is 3.02. The van der Waals surface area contributed by atoms with Crippen molar-refractivity contribution in [2.45, 2.75) is 52.5 Å². The summed E-state index contributed by atoms with van der Waals surface area (Å²) in [5, 5.41) is 11.7. The quantitative estimate of drug-likeness (QED) is 0.235. The third-order valence-corrected chi connectivity index (χ3v) is 8.04. The van der Waals surface area contributed by atoms with Crippen LogP contribution in [0, 0.1) is 24.0 Å². The number of fused-ring (bicyclic) bond motifs is 3. The molecule has 0 saturated carbocycles. The first-order chi connectivity index (χ1) is 16.3. The Morgan fingerprint density at radius 3 is 2.41 bits per heavy atom. The Balaban J connectivity index is 1.77. The van der Waals surface area contributed by atoms with E-state index in [-0.39, 0.29) is 17.8 Å². The van der Waals surface area contributed by atoms with E-state index in [4.69, 9.17) is 0 Å². The van der Waals surface area contributed by atoms with Crippen LogP contribution in [0.3, 0.4) is 0 Å². The molecule has 2 heterocycles. The zero-order valence-corrected chi connectivity index (χ0v) is 20.0. The molecule has 0 N–H and O–H groups in total. The van der Waals surface area contributed by atoms with Crippen molar-refractivity contribution < 1.29 is 4.92 Å². The molecule has 2 aromatic carbocycles. The minimum atomic E-state index is -0.440. The molecule has 4 aromatic rings. The number of nitro groups is 1. The van der Waals surface area contributed by atoms with Gasteiger partial charge in [-0.15, -0.1) is 11.3 Å². The highest BCUT2D eigenvalue weighted by atomic mass is 32.1. The van der Waals surface area contributed by atoms with E-state index in [1.54, 1.807) is 28.0 Å². The van der Waals surface area contributed by atoms with Crippen LogP contribution in [0.4, 0.5) is 5.69 Å². The molecule has 2 aromatic heterocycles. The number of hydrogen-bond acceptors (Lipinski definition) is 5. The number of rotatable bonds is 4. The van der Waals surface area contributed by atoms with Crippen molar-refractivity contribution in [3.8, 4) is 5.69 Å². The van der Waals surface area contributed by atoms with E-state index in [9.17, 15) is 19.7 Å². The third-order valence-electron chi connectivity index (χ3n) is 6.72. The van der Waals surface area contributed by atoms with Gasteiger partial charge in [-0.25, -0.2) is 9.36 Å². The lowest BCUT2D eigenvalue weighted by molar-refractivity contribution is -0.384. The van der Waals surface area contributed by atoms with Gasteiger partial charge in [0.2, 0.25) is 0 Å². The Morgan fingerprint density at radius 1 is 0.971 bits per heavy atom. The third kappa shape index (κ3) is 3.77. The number of non-ortho nitro benzene ring substituents is 1. The Labute approximate surface area is 200 Å². The number of benzene rings is 2. The lowest BCUT2D eigenvalue weighted by Crippen LogP contribution is -2.39. The van der Waals surface area contributed by atoms with Gasteiger partial charge >= 0.3 is 5.69 Å². The summed E-state index contributed by atoms with van der Waals surface area (Å²) in [6.45, 7) is 4.20. The Hall–Kier alpha value is -3.52. The molecule has 0 unspecified atom stereocenters. The zero-order chi connectivity index (χ0) is 24.0. The highest BCUT2D eigenvalue weighted by Gasteiger charge is 2.24. The maximum absolute atomic E-state index is 13.8. The van der Waals surface area contributed by atoms with Gasteiger partial charge in [-0.2, -0.15) is 0 Å². The van der Waals surface area contributed by atoms with Crippen LogP contribution in [0.2, 0.25) is 0 Å². The van der Waals surface area contributed by atoms with Crippen LogP contribution >= 0.6 is 11.3 Å². The number of hydrogen-bond donors (Lipinski definition) is 0. The first-order valence-electron chi connectivity index (χ1n) is 11.5. The fourth-order valence-electron chi connectivity index (χ4n) is 4.68. The molecule has 7 nitrogen and oxygen atoms in total. The molecule has 0 radical (unpaired) electrons. The maximum Gasteiger partial charge on any atom is 0.337 e. The van der Waals surface area contributed by atoms with E-state index in [2.05, 4.69) is 0 Å². The molecular weight excluding hydrogens is 450 g/mol. The summed E-state index contributed by atoms with van der Waals surface area (Å²) >= 11 is 1.55. The zero-order valence-electron chi connectivity index (χ0n) is 19.2. The van der Waals surface area contributed by atoms with Crippen LogP contribution in [0.25, 0.3) is 15.9 Å². The van der Waals surface area contributed by atoms with E-state index in [1.807, 2.05) is 32.0 Å². The van der Waals surface area contributed by atoms with Crippen LogP contribution < -0.4 is 11.2 Å². The van der Waals surface area contributed by atoms with Crippen LogP contribution in [0.15, 0.2) is 52.1 Å². The highest BCUT2D eigenvalue weighted by Crippen LogP contribution is 2.34. The number of aryl methyl sites for hydroxylation is 4. The summed E-state index contributed by atoms with van der Waals surface area (Å²) in [7, 11) is 0. The summed E-state index contributed by atoms with van der Waals surface area (Å²) in [4.78, 5) is 40.1. The van der Waals surface area contributed by atoms with Crippen molar-refractivity contribution in [2.75, 3.05) is 0 Å². The molecule has 0 amide bonds. The predicted molar refractivity (Wildman–Crippen MR) is 135 cm³/mol. The Bertz CT molecular complexity index is 1540. The van der Waals surface area contributed by atoms with E-state index in [0.717, 1.165) is 54.4 Å². The summed E-state index contributed by atoms with van der Waals surface area (Å²) in [6.07, 6.45) is 5.01. The van der Waals surface area contributed by atoms with E-state index in [1.165, 1.54) is 21.6 Å². The molecule has 8 heteroatoms. The first kappa shape index (κ1) is 22.3. The minimum Gasteiger partial charge on any atom is -0.280 e. The SMILES string of the molecule is Cc1ccc(-n2c(=O)c3c4c(sc3n(Cc3ccc([N+](=O)[O-])cc3)c2=O)CCCCC4)cc1C. The number of nitrogens with zero attached hydrogens (tertiary/aromatic N) is 3. The standard InChI is InChI=1S/C26H25N3O4S/c1-16-8-11-20(14-17(16)2)28-24(30)23-21-6-4-3-5-7-22(21)34-25(23)27(26(28)31)15-18-9-12-19(13-10-18)29(32)33/h8-14H,3-7,15H2,1-2H3. The van der Waals surface area contributed by atoms with Crippen molar-refractivity contribution in [3.05, 3.63) is 101 Å². The number of aromatic nitrogens is 2. The van der Waals surface area contributed by atoms with Gasteiger partial charge in [0.15, 0.2) is 0 Å². The summed E-state index contributed by atoms with van der Waals surface area (Å²) in [5.74, 6) is 0. The summed E-state index contributed by atoms with van der Waals surface area (Å²) in [6, 6.07) is 11.8. The Kier molecular flexibility index (Phi) is 5.69. The van der Waals surface area contributed by atoms with Gasteiger partial charge in [0.1, 0.15) is 4.83 Å². The lowest BCUT2D eigenvalue weighted by Gasteiger charge is -2.14. The molecule has 34 heavy (non-hydrogen) atoms. The van der Waals surface area contributed by atoms with Gasteiger partial charge < -0.3 is 0 Å². The predicted octanol–water partition coefficient (Wildman–Crippen LogP) is 5.06. The highest BCUT2D eigenvalue weighted by molar-refractivity contribution is 7.18. The molecular formula is C26H25N3O4S. The minimum absolute atomic E-state index is 0.00387. The molecule has 1 aliphatic rings. The molecule has 5 rings (SSSR count). The second-order valence-corrected chi connectivity index (χ2v) is 10.0. The van der Waals surface area contributed by atoms with Crippen molar-refractivity contribution in [1.82, 2.24) is 9.13 Å². The van der Waals surface area contributed by atoms with Crippen LogP contribution in [0.5, 0.6) is 0 Å². The Morgan fingerprint density at radius 2 is 1.71 bits per heavy atom. The molecule has 0 bridgehead atoms. The molecule has 0 spiro atoms. The van der Waals surface area contributed by atoms with Crippen LogP contribution in [-0.2, 0) is 19.4 Å². The second-order valence-electron chi connectivity index (χ2n) is 8.95. The second kappa shape index (κ2) is 8.68. The normalized spacial score (nSPS) is 13.6. The van der Waals surface area contributed by atoms with Crippen molar-refractivity contribution in [2.24, 2.45) is 0 Å². The topological polar surface area (TPSA) is 87.1 Å². The summed E-state index contributed by atoms with van der Waals surface area (Å²) in [5.41, 5.74) is 3.86. The van der Waals surface area contributed by atoms with E-state index in [0.29, 0.717) is 15.9 Å². The molecule has 174 valence electrons. The van der Waals surface area contributed by atoms with Gasteiger partial charge in [0.25, 0.3) is 11.2 Å². The summed E-state index contributed by atoms with van der Waals surface area (Å²) < 4.78 is 2.95. The van der Waals surface area contributed by atoms with Crippen LogP contribution in [-0.4, -0.2) is 14.1 Å². The van der Waals surface area contributed by atoms with Crippen molar-refractivity contribution in [3.63, 3.8) is 0 Å². The van der Waals surface area contributed by atoms with Gasteiger partial charge in [-0.3, -0.25) is 19.5 Å². The van der Waals surface area contributed by atoms with Crippen LogP contribution in [0.1, 0.15) is 46.4 Å². The average molecular weight is 476 g/mol. The van der Waals surface area contributed by atoms with Gasteiger partial charge in [-0.05, 0) is 73.9 Å². The number of thiophene rings is 1. The van der Waals surface area contributed by atoms with Gasteiger partial charge in [-0.1, -0.05) is 24.6 Å². The molecule has 0 aliphatic heterocycles. The van der Waals surface area contributed by atoms with Crippen molar-refractivity contribution >= 4 is 27.2 Å². The lowest BCUT2D eigenvalue weighted by atomic mass is 10.1.